The van der Waals surface area contributed by atoms with E-state index in [1.165, 1.54) is 28.4 Å². The van der Waals surface area contributed by atoms with Crippen molar-refractivity contribution in [3.8, 4) is 0 Å². The van der Waals surface area contributed by atoms with E-state index >= 15 is 0 Å². The molecule has 176 valence electrons. The maximum Gasteiger partial charge on any atom is 0.345 e. The number of carbonyl (C=O) groups excluding carboxylic acids is 4. The van der Waals surface area contributed by atoms with Crippen LogP contribution in [0.4, 0.5) is 0 Å². The van der Waals surface area contributed by atoms with E-state index < -0.39 is 23.9 Å². The molecule has 8 heteroatoms. The Bertz CT molecular complexity index is 1330. The van der Waals surface area contributed by atoms with Crippen molar-refractivity contribution < 1.29 is 38.1 Å². The maximum atomic E-state index is 12.8. The smallest absolute Gasteiger partial charge is 0.345 e. The highest BCUT2D eigenvalue weighted by molar-refractivity contribution is 6.40. The van der Waals surface area contributed by atoms with Gasteiger partial charge in [0.15, 0.2) is 11.1 Å². The molecular formula is C26H24O8. The SMILES string of the molecule is COC(=O)C(C(=O)OC)=c1c2ccc(C)cc2c(=C(C(=O)OC)C(=O)OC)c2ccc(C)cc12. The fraction of sp³-hybridized carbons (Fsp3) is 0.231. The lowest BCUT2D eigenvalue weighted by molar-refractivity contribution is -0.142. The van der Waals surface area contributed by atoms with Crippen molar-refractivity contribution in [2.75, 3.05) is 28.4 Å². The van der Waals surface area contributed by atoms with Crippen LogP contribution in [0.25, 0.3) is 32.7 Å². The van der Waals surface area contributed by atoms with Gasteiger partial charge in [-0.3, -0.25) is 0 Å². The van der Waals surface area contributed by atoms with E-state index in [0.717, 1.165) is 11.1 Å². The highest BCUT2D eigenvalue weighted by Gasteiger charge is 2.27. The van der Waals surface area contributed by atoms with Gasteiger partial charge in [0.25, 0.3) is 0 Å². The molecule has 3 rings (SSSR count). The number of hydrogen-bond donors (Lipinski definition) is 0. The standard InChI is InChI=1S/C26H24O8/c1-13-7-9-15-17(11-13)19(21(23(27)31-3)24(28)32-4)16-10-8-14(2)12-18(16)20(15)22(25(29)33-5)26(30)34-6/h7-12H,1-6H3. The van der Waals surface area contributed by atoms with Gasteiger partial charge in [-0.2, -0.15) is 0 Å². The Kier molecular flexibility index (Phi) is 7.00. The van der Waals surface area contributed by atoms with Crippen molar-refractivity contribution in [1.82, 2.24) is 0 Å². The average Bonchev–Trinajstić information content (AvgIpc) is 2.84. The second-order valence-corrected chi connectivity index (χ2v) is 7.56. The molecule has 8 nitrogen and oxygen atoms in total. The lowest BCUT2D eigenvalue weighted by Crippen LogP contribution is -2.29. The van der Waals surface area contributed by atoms with Crippen molar-refractivity contribution in [2.24, 2.45) is 0 Å². The summed E-state index contributed by atoms with van der Waals surface area (Å²) in [7, 11) is 4.67. The molecule has 0 heterocycles. The summed E-state index contributed by atoms with van der Waals surface area (Å²) in [5, 5.41) is 2.31. The van der Waals surface area contributed by atoms with E-state index in [4.69, 9.17) is 18.9 Å². The minimum atomic E-state index is -0.880. The van der Waals surface area contributed by atoms with Gasteiger partial charge in [-0.25, -0.2) is 19.2 Å². The van der Waals surface area contributed by atoms with Crippen LogP contribution >= 0.6 is 0 Å². The van der Waals surface area contributed by atoms with Crippen LogP contribution < -0.4 is 10.4 Å². The topological polar surface area (TPSA) is 105 Å². The van der Waals surface area contributed by atoms with Crippen molar-refractivity contribution in [3.63, 3.8) is 0 Å². The number of fused-ring (bicyclic) bond motifs is 2. The van der Waals surface area contributed by atoms with Gasteiger partial charge in [-0.15, -0.1) is 0 Å². The number of esters is 4. The van der Waals surface area contributed by atoms with E-state index in [9.17, 15) is 19.2 Å². The summed E-state index contributed by atoms with van der Waals surface area (Å²) < 4.78 is 19.6. The molecule has 0 aliphatic carbocycles. The van der Waals surface area contributed by atoms with Crippen LogP contribution in [0.5, 0.6) is 0 Å². The molecule has 3 aromatic carbocycles. The highest BCUT2D eigenvalue weighted by Crippen LogP contribution is 2.20. The first-order valence-electron chi connectivity index (χ1n) is 10.2. The average molecular weight is 464 g/mol. The zero-order valence-electron chi connectivity index (χ0n) is 19.7. The zero-order valence-corrected chi connectivity index (χ0v) is 19.7. The first-order valence-corrected chi connectivity index (χ1v) is 10.2. The predicted molar refractivity (Wildman–Crippen MR) is 125 cm³/mol. The molecule has 34 heavy (non-hydrogen) atoms. The summed E-state index contributed by atoms with van der Waals surface area (Å²) in [5.74, 6) is -3.52. The number of hydrogen-bond acceptors (Lipinski definition) is 8. The fourth-order valence-electron chi connectivity index (χ4n) is 3.98. The van der Waals surface area contributed by atoms with Crippen LogP contribution in [-0.2, 0) is 38.1 Å². The highest BCUT2D eigenvalue weighted by atomic mass is 16.5. The van der Waals surface area contributed by atoms with Gasteiger partial charge in [-0.05, 0) is 35.4 Å². The number of benzene rings is 3. The normalized spacial score (nSPS) is 10.5. The van der Waals surface area contributed by atoms with E-state index in [1.54, 1.807) is 36.4 Å². The second kappa shape index (κ2) is 9.74. The summed E-state index contributed by atoms with van der Waals surface area (Å²) in [5.41, 5.74) is 1.02. The van der Waals surface area contributed by atoms with Crippen LogP contribution in [0.2, 0.25) is 0 Å². The summed E-state index contributed by atoms with van der Waals surface area (Å²) in [4.78, 5) is 51.1. The first-order chi connectivity index (χ1) is 16.2. The molecule has 0 aliphatic heterocycles. The van der Waals surface area contributed by atoms with Gasteiger partial charge in [-0.1, -0.05) is 47.5 Å². The lowest BCUT2D eigenvalue weighted by atomic mass is 9.91. The second-order valence-electron chi connectivity index (χ2n) is 7.56. The molecule has 0 saturated carbocycles. The Morgan fingerprint density at radius 2 is 0.794 bits per heavy atom. The molecule has 0 radical (unpaired) electrons. The number of methoxy groups -OCH3 is 4. The molecule has 3 aromatic rings. The molecule has 0 spiro atoms. The molecule has 0 bridgehead atoms. The van der Waals surface area contributed by atoms with Crippen molar-refractivity contribution in [2.45, 2.75) is 13.8 Å². The Morgan fingerprint density at radius 3 is 1.06 bits per heavy atom. The predicted octanol–water partition coefficient (Wildman–Crippen LogP) is 1.60. The number of carbonyl (C=O) groups is 4. The molecule has 0 saturated heterocycles. The molecule has 0 amide bonds. The number of ether oxygens (including phenoxy) is 4. The summed E-state index contributed by atoms with van der Waals surface area (Å²) >= 11 is 0. The Hall–Kier alpha value is -4.20. The van der Waals surface area contributed by atoms with Gasteiger partial charge >= 0.3 is 23.9 Å². The molecule has 0 aromatic heterocycles. The molecule has 0 fully saturated rings. The van der Waals surface area contributed by atoms with Crippen LogP contribution in [0.1, 0.15) is 11.1 Å². The van der Waals surface area contributed by atoms with E-state index in [0.29, 0.717) is 21.5 Å². The van der Waals surface area contributed by atoms with Gasteiger partial charge < -0.3 is 18.9 Å². The summed E-state index contributed by atoms with van der Waals surface area (Å²) in [6.45, 7) is 3.67. The van der Waals surface area contributed by atoms with Gasteiger partial charge in [0, 0.05) is 10.4 Å². The largest absolute Gasteiger partial charge is 0.465 e. The van der Waals surface area contributed by atoms with Crippen molar-refractivity contribution in [1.29, 1.82) is 0 Å². The third-order valence-corrected chi connectivity index (χ3v) is 5.49. The Labute approximate surface area is 195 Å². The zero-order chi connectivity index (χ0) is 25.2. The van der Waals surface area contributed by atoms with Gasteiger partial charge in [0.2, 0.25) is 0 Å². The van der Waals surface area contributed by atoms with Crippen molar-refractivity contribution in [3.05, 3.63) is 58.0 Å². The lowest BCUT2D eigenvalue weighted by Gasteiger charge is -2.14. The van der Waals surface area contributed by atoms with E-state index in [-0.39, 0.29) is 21.6 Å². The molecular weight excluding hydrogens is 440 g/mol. The number of aryl methyl sites for hydroxylation is 2. The summed E-state index contributed by atoms with van der Waals surface area (Å²) in [6.07, 6.45) is 0. The molecule has 0 unspecified atom stereocenters. The Balaban J connectivity index is 2.93. The third-order valence-electron chi connectivity index (χ3n) is 5.49. The van der Waals surface area contributed by atoms with Gasteiger partial charge in [0.1, 0.15) is 0 Å². The van der Waals surface area contributed by atoms with Gasteiger partial charge in [0.05, 0.1) is 28.4 Å². The molecule has 0 atom stereocenters. The van der Waals surface area contributed by atoms with E-state index in [2.05, 4.69) is 0 Å². The quantitative estimate of drug-likeness (QED) is 0.248. The minimum absolute atomic E-state index is 0.269. The molecule has 0 N–H and O–H groups in total. The maximum absolute atomic E-state index is 12.8. The van der Waals surface area contributed by atoms with Crippen LogP contribution in [-0.4, -0.2) is 52.3 Å². The van der Waals surface area contributed by atoms with Crippen LogP contribution in [0, 0.1) is 13.8 Å². The Morgan fingerprint density at radius 1 is 0.500 bits per heavy atom. The third kappa shape index (κ3) is 4.10. The summed E-state index contributed by atoms with van der Waals surface area (Å²) in [6, 6.07) is 10.5. The van der Waals surface area contributed by atoms with Crippen molar-refractivity contribution >= 4 is 56.6 Å². The fourth-order valence-corrected chi connectivity index (χ4v) is 3.98. The van der Waals surface area contributed by atoms with Crippen LogP contribution in [0.3, 0.4) is 0 Å². The minimum Gasteiger partial charge on any atom is -0.465 e. The number of rotatable bonds is 4. The monoisotopic (exact) mass is 464 g/mol. The molecule has 0 aliphatic rings. The first kappa shape index (κ1) is 24.4. The van der Waals surface area contributed by atoms with Crippen LogP contribution in [0.15, 0.2) is 36.4 Å². The van der Waals surface area contributed by atoms with E-state index in [1.807, 2.05) is 13.8 Å².